The summed E-state index contributed by atoms with van der Waals surface area (Å²) in [7, 11) is -4.99. The van der Waals surface area contributed by atoms with Crippen LogP contribution >= 0.6 is 0 Å². The van der Waals surface area contributed by atoms with Gasteiger partial charge in [-0.3, -0.25) is 8.98 Å². The molecule has 0 rings (SSSR count). The molecule has 0 bridgehead atoms. The van der Waals surface area contributed by atoms with E-state index >= 15 is 0 Å². The van der Waals surface area contributed by atoms with Crippen molar-refractivity contribution in [2.45, 2.75) is 181 Å². The maximum atomic E-state index is 12.5. The fourth-order valence-electron chi connectivity index (χ4n) is 5.17. The van der Waals surface area contributed by atoms with Crippen molar-refractivity contribution >= 4 is 16.3 Å². The van der Waals surface area contributed by atoms with E-state index < -0.39 is 41.2 Å². The smallest absolute Gasteiger partial charge is 0.726 e. The average Bonchev–Trinajstić information content (AvgIpc) is 2.93. The van der Waals surface area contributed by atoms with Crippen LogP contribution in [0.25, 0.3) is 0 Å². The maximum Gasteiger partial charge on any atom is 1.00 e. The molecule has 3 N–H and O–H groups in total. The number of aliphatic hydroxyl groups excluding tert-OH is 2. The minimum Gasteiger partial charge on any atom is -0.726 e. The molecule has 0 aromatic carbocycles. The zero-order valence-electron chi connectivity index (χ0n) is 28.9. The predicted molar refractivity (Wildman–Crippen MR) is 175 cm³/mol. The molecule has 0 aromatic heterocycles. The third-order valence-electron chi connectivity index (χ3n) is 7.93. The average molecular weight is 656 g/mol. The summed E-state index contributed by atoms with van der Waals surface area (Å²) in [4.78, 5) is 12.5. The molecule has 0 aliphatic carbocycles. The largest absolute Gasteiger partial charge is 1.00 e. The molecule has 0 aromatic rings. The number of nitrogens with one attached hydrogen (secondary N) is 1. The van der Waals surface area contributed by atoms with Crippen molar-refractivity contribution in [2.24, 2.45) is 11.8 Å². The molecule has 256 valence electrons. The Hall–Kier alpha value is 0. The fourth-order valence-corrected chi connectivity index (χ4v) is 5.48. The first-order valence-corrected chi connectivity index (χ1v) is 18.7. The van der Waals surface area contributed by atoms with E-state index in [1.54, 1.807) is 6.08 Å². The summed E-state index contributed by atoms with van der Waals surface area (Å²) < 4.78 is 37.2. The van der Waals surface area contributed by atoms with Gasteiger partial charge in [-0.2, -0.15) is 0 Å². The van der Waals surface area contributed by atoms with E-state index in [9.17, 15) is 28.0 Å². The Kier molecular flexibility index (Phi) is 31.8. The standard InChI is InChI=1S/C34H67NO7S.Na/c1-29(2)24-20-16-12-8-6-5-7-9-14-18-22-26-32(36)31(28-42-43(39,40)41)35-34(38)33(37)27-23-19-15-11-10-13-17-21-25-30(3)4;/h22,26,29-33,36-37H,5-21,23-25,27-28H2,1-4H3,(H,35,38)(H,39,40,41);/q;+1/p-1/b26-22+;. The van der Waals surface area contributed by atoms with Crippen LogP contribution in [-0.4, -0.2) is 53.9 Å². The SMILES string of the molecule is CC(C)CCCCCCCCCCC/C=C/C(O)C(COS(=O)(=O)[O-])NC(=O)C(O)CCCCCCCCCCC(C)C.[Na+]. The molecule has 0 saturated heterocycles. The molecule has 1 amide bonds. The summed E-state index contributed by atoms with van der Waals surface area (Å²) in [6.45, 7) is 8.34. The van der Waals surface area contributed by atoms with Crippen molar-refractivity contribution in [1.82, 2.24) is 5.32 Å². The third-order valence-corrected chi connectivity index (χ3v) is 8.35. The van der Waals surface area contributed by atoms with Crippen molar-refractivity contribution in [3.05, 3.63) is 12.2 Å². The van der Waals surface area contributed by atoms with E-state index in [0.717, 1.165) is 50.4 Å². The van der Waals surface area contributed by atoms with Gasteiger partial charge in [0.05, 0.1) is 18.8 Å². The minimum absolute atomic E-state index is 0. The molecule has 0 radical (unpaired) electrons. The molecule has 0 aliphatic rings. The Balaban J connectivity index is 0. The molecule has 3 atom stereocenters. The summed E-state index contributed by atoms with van der Waals surface area (Å²) >= 11 is 0. The molecule has 44 heavy (non-hydrogen) atoms. The van der Waals surface area contributed by atoms with Crippen molar-refractivity contribution in [1.29, 1.82) is 0 Å². The number of unbranched alkanes of at least 4 members (excludes halogenated alkanes) is 16. The van der Waals surface area contributed by atoms with E-state index in [0.29, 0.717) is 6.42 Å². The van der Waals surface area contributed by atoms with Crippen LogP contribution in [0.5, 0.6) is 0 Å². The quantitative estimate of drug-likeness (QED) is 0.0335. The van der Waals surface area contributed by atoms with Crippen LogP contribution in [0.3, 0.4) is 0 Å². The first-order chi connectivity index (χ1) is 20.4. The Bertz CT molecular complexity index is 792. The maximum absolute atomic E-state index is 12.5. The van der Waals surface area contributed by atoms with Gasteiger partial charge in [0.25, 0.3) is 0 Å². The summed E-state index contributed by atoms with van der Waals surface area (Å²) in [5.41, 5.74) is 0. The van der Waals surface area contributed by atoms with E-state index in [2.05, 4.69) is 37.2 Å². The van der Waals surface area contributed by atoms with Crippen molar-refractivity contribution < 1.29 is 61.7 Å². The van der Waals surface area contributed by atoms with E-state index in [1.165, 1.54) is 89.5 Å². The molecule has 0 aliphatic heterocycles. The molecule has 0 heterocycles. The Morgan fingerprint density at radius 1 is 0.705 bits per heavy atom. The zero-order valence-corrected chi connectivity index (χ0v) is 31.8. The number of rotatable bonds is 30. The molecular formula is C34H66NNaO7S. The monoisotopic (exact) mass is 655 g/mol. The third kappa shape index (κ3) is 32.0. The second kappa shape index (κ2) is 30.3. The minimum atomic E-state index is -4.99. The number of carbonyl (C=O) groups is 1. The van der Waals surface area contributed by atoms with Crippen LogP contribution < -0.4 is 34.9 Å². The second-order valence-electron chi connectivity index (χ2n) is 13.2. The van der Waals surface area contributed by atoms with Crippen LogP contribution in [0.2, 0.25) is 0 Å². The second-order valence-corrected chi connectivity index (χ2v) is 14.2. The van der Waals surface area contributed by atoms with Crippen LogP contribution in [-0.2, 0) is 19.4 Å². The first-order valence-electron chi connectivity index (χ1n) is 17.4. The number of carbonyl (C=O) groups excluding carboxylic acids is 1. The van der Waals surface area contributed by atoms with Gasteiger partial charge in [0, 0.05) is 0 Å². The van der Waals surface area contributed by atoms with Gasteiger partial charge in [0.15, 0.2) is 0 Å². The van der Waals surface area contributed by atoms with Crippen LogP contribution in [0.4, 0.5) is 0 Å². The first kappa shape index (κ1) is 46.1. The number of aliphatic hydroxyl groups is 2. The van der Waals surface area contributed by atoms with Crippen LogP contribution in [0, 0.1) is 11.8 Å². The summed E-state index contributed by atoms with van der Waals surface area (Å²) in [5.74, 6) is 0.845. The van der Waals surface area contributed by atoms with Gasteiger partial charge in [-0.15, -0.1) is 0 Å². The molecule has 3 unspecified atom stereocenters. The zero-order chi connectivity index (χ0) is 32.3. The topological polar surface area (TPSA) is 136 Å². The van der Waals surface area contributed by atoms with Gasteiger partial charge in [-0.05, 0) is 31.1 Å². The van der Waals surface area contributed by atoms with Gasteiger partial charge in [-0.25, -0.2) is 8.42 Å². The van der Waals surface area contributed by atoms with E-state index in [4.69, 9.17) is 0 Å². The van der Waals surface area contributed by atoms with E-state index in [1.807, 2.05) is 0 Å². The van der Waals surface area contributed by atoms with E-state index in [-0.39, 0.29) is 36.0 Å². The summed E-state index contributed by atoms with van der Waals surface area (Å²) in [6, 6.07) is -1.17. The molecular weight excluding hydrogens is 589 g/mol. The van der Waals surface area contributed by atoms with Crippen molar-refractivity contribution in [2.75, 3.05) is 6.61 Å². The van der Waals surface area contributed by atoms with Gasteiger partial charge < -0.3 is 20.1 Å². The van der Waals surface area contributed by atoms with Gasteiger partial charge in [0.1, 0.15) is 6.10 Å². The fraction of sp³-hybridized carbons (Fsp3) is 0.912. The molecule has 0 fully saturated rings. The Morgan fingerprint density at radius 2 is 1.09 bits per heavy atom. The number of allylic oxidation sites excluding steroid dienone is 1. The van der Waals surface area contributed by atoms with Crippen LogP contribution in [0.1, 0.15) is 163 Å². The summed E-state index contributed by atoms with van der Waals surface area (Å²) in [6.07, 6.45) is 24.2. The van der Waals surface area contributed by atoms with Gasteiger partial charge in [0.2, 0.25) is 16.3 Å². The Labute approximate surface area is 293 Å². The summed E-state index contributed by atoms with van der Waals surface area (Å²) in [5, 5.41) is 23.3. The Morgan fingerprint density at radius 3 is 1.50 bits per heavy atom. The molecule has 8 nitrogen and oxygen atoms in total. The number of hydrogen-bond acceptors (Lipinski definition) is 7. The molecule has 10 heteroatoms. The van der Waals surface area contributed by atoms with Crippen molar-refractivity contribution in [3.63, 3.8) is 0 Å². The number of hydrogen-bond donors (Lipinski definition) is 3. The van der Waals surface area contributed by atoms with Gasteiger partial charge >= 0.3 is 29.6 Å². The number of amides is 1. The normalized spacial score (nSPS) is 14.2. The van der Waals surface area contributed by atoms with Crippen molar-refractivity contribution in [3.8, 4) is 0 Å². The predicted octanol–water partition coefficient (Wildman–Crippen LogP) is 4.73. The van der Waals surface area contributed by atoms with Gasteiger partial charge in [-0.1, -0.05) is 155 Å². The molecule has 0 saturated carbocycles. The van der Waals surface area contributed by atoms with Crippen LogP contribution in [0.15, 0.2) is 12.2 Å². The molecule has 0 spiro atoms.